The Balaban J connectivity index is 4.21. The maximum atomic E-state index is 12.8. The van der Waals surface area contributed by atoms with Crippen molar-refractivity contribution in [2.45, 2.75) is 258 Å². The van der Waals surface area contributed by atoms with Gasteiger partial charge in [-0.2, -0.15) is 0 Å². The molecule has 0 aromatic heterocycles. The van der Waals surface area contributed by atoms with E-state index in [-0.39, 0.29) is 31.1 Å². The average Bonchev–Trinajstić information content (AvgIpc) is 3.37. The van der Waals surface area contributed by atoms with E-state index in [1.807, 2.05) is 0 Å². The van der Waals surface area contributed by atoms with Gasteiger partial charge in [0.15, 0.2) is 6.10 Å². The molecule has 402 valence electrons. The highest BCUT2D eigenvalue weighted by Crippen LogP contribution is 2.14. The van der Waals surface area contributed by atoms with Gasteiger partial charge in [-0.25, -0.2) is 0 Å². The summed E-state index contributed by atoms with van der Waals surface area (Å²) in [7, 11) is 0. The van der Waals surface area contributed by atoms with Gasteiger partial charge in [-0.15, -0.1) is 0 Å². The summed E-state index contributed by atoms with van der Waals surface area (Å²) in [5.41, 5.74) is 0. The topological polar surface area (TPSA) is 78.9 Å². The molecular weight excluding hydrogens is 877 g/mol. The average molecular weight is 984 g/mol. The molecule has 0 saturated heterocycles. The Morgan fingerprint density at radius 1 is 0.296 bits per heavy atom. The van der Waals surface area contributed by atoms with E-state index in [1.54, 1.807) is 0 Å². The molecule has 0 heterocycles. The van der Waals surface area contributed by atoms with Crippen molar-refractivity contribution in [2.24, 2.45) is 0 Å². The highest BCUT2D eigenvalue weighted by atomic mass is 16.6. The van der Waals surface area contributed by atoms with Gasteiger partial charge in [-0.3, -0.25) is 14.4 Å². The lowest BCUT2D eigenvalue weighted by Crippen LogP contribution is -2.30. The van der Waals surface area contributed by atoms with E-state index >= 15 is 0 Å². The Morgan fingerprint density at radius 3 is 0.887 bits per heavy atom. The van der Waals surface area contributed by atoms with Gasteiger partial charge >= 0.3 is 17.9 Å². The normalized spacial score (nSPS) is 13.0. The summed E-state index contributed by atoms with van der Waals surface area (Å²) in [5, 5.41) is 0. The lowest BCUT2D eigenvalue weighted by atomic mass is 10.1. The molecule has 6 nitrogen and oxygen atoms in total. The summed E-state index contributed by atoms with van der Waals surface area (Å²) < 4.78 is 16.7. The molecule has 71 heavy (non-hydrogen) atoms. The zero-order valence-corrected chi connectivity index (χ0v) is 45.9. The van der Waals surface area contributed by atoms with Gasteiger partial charge in [0.2, 0.25) is 0 Å². The zero-order chi connectivity index (χ0) is 51.4. The highest BCUT2D eigenvalue weighted by molar-refractivity contribution is 5.71. The Hall–Kier alpha value is -4.19. The fraction of sp³-hybridized carbons (Fsp3) is 0.646. The predicted octanol–water partition coefficient (Wildman–Crippen LogP) is 19.6. The summed E-state index contributed by atoms with van der Waals surface area (Å²) in [6, 6.07) is 0. The highest BCUT2D eigenvalue weighted by Gasteiger charge is 2.19. The standard InChI is InChI=1S/C65H106O6/c1-4-7-10-13-16-18-20-22-24-25-26-27-28-29-30-31-32-33-34-35-36-37-38-39-41-42-44-46-49-52-55-58-64(67)70-61-62(60-69-63(66)57-54-51-48-15-12-9-6-3)71-65(68)59-56-53-50-47-45-43-40-23-21-19-17-14-11-8-5-2/h7,10,16-19,22-24,26-27,29-30,32-33,35-36,38-40,62H,4-6,8-9,11-15,20-21,25,28,31,34,37,41-61H2,1-3H3/b10-7-,18-16-,19-17-,24-22-,27-26-,30-29-,33-32-,36-35-,39-38-,40-23-. The monoisotopic (exact) mass is 983 g/mol. The Morgan fingerprint density at radius 2 is 0.549 bits per heavy atom. The summed E-state index contributed by atoms with van der Waals surface area (Å²) >= 11 is 0. The molecule has 0 aliphatic heterocycles. The van der Waals surface area contributed by atoms with Crippen LogP contribution in [0.5, 0.6) is 0 Å². The van der Waals surface area contributed by atoms with Gasteiger partial charge in [0.25, 0.3) is 0 Å². The van der Waals surface area contributed by atoms with Crippen molar-refractivity contribution < 1.29 is 28.6 Å². The van der Waals surface area contributed by atoms with Crippen molar-refractivity contribution in [1.29, 1.82) is 0 Å². The fourth-order valence-electron chi connectivity index (χ4n) is 7.60. The number of carbonyl (C=O) groups excluding carboxylic acids is 3. The van der Waals surface area contributed by atoms with Crippen LogP contribution in [0, 0.1) is 0 Å². The number of hydrogen-bond acceptors (Lipinski definition) is 6. The van der Waals surface area contributed by atoms with Crippen LogP contribution < -0.4 is 0 Å². The van der Waals surface area contributed by atoms with E-state index in [0.29, 0.717) is 19.3 Å². The van der Waals surface area contributed by atoms with Gasteiger partial charge < -0.3 is 14.2 Å². The molecule has 0 aromatic carbocycles. The van der Waals surface area contributed by atoms with Crippen LogP contribution in [-0.2, 0) is 28.6 Å². The van der Waals surface area contributed by atoms with Crippen LogP contribution in [0.1, 0.15) is 252 Å². The molecule has 6 heteroatoms. The van der Waals surface area contributed by atoms with Gasteiger partial charge in [-0.1, -0.05) is 239 Å². The van der Waals surface area contributed by atoms with Gasteiger partial charge in [0.1, 0.15) is 13.2 Å². The smallest absolute Gasteiger partial charge is 0.306 e. The minimum atomic E-state index is -0.791. The maximum Gasteiger partial charge on any atom is 0.306 e. The third-order valence-corrected chi connectivity index (χ3v) is 12.0. The van der Waals surface area contributed by atoms with Crippen molar-refractivity contribution in [1.82, 2.24) is 0 Å². The molecule has 0 N–H and O–H groups in total. The van der Waals surface area contributed by atoms with Crippen LogP contribution in [0.25, 0.3) is 0 Å². The second kappa shape index (κ2) is 58.4. The first-order valence-electron chi connectivity index (χ1n) is 29.0. The van der Waals surface area contributed by atoms with Crippen molar-refractivity contribution in [3.63, 3.8) is 0 Å². The maximum absolute atomic E-state index is 12.8. The minimum absolute atomic E-state index is 0.0898. The van der Waals surface area contributed by atoms with Crippen LogP contribution in [-0.4, -0.2) is 37.2 Å². The van der Waals surface area contributed by atoms with Crippen molar-refractivity contribution in [2.75, 3.05) is 13.2 Å². The molecule has 0 rings (SSSR count). The number of ether oxygens (including phenoxy) is 3. The summed E-state index contributed by atoms with van der Waals surface area (Å²) in [6.07, 6.45) is 80.7. The third kappa shape index (κ3) is 56.6. The molecule has 0 aliphatic carbocycles. The zero-order valence-electron chi connectivity index (χ0n) is 45.9. The van der Waals surface area contributed by atoms with Crippen LogP contribution in [0.3, 0.4) is 0 Å². The molecule has 0 amide bonds. The largest absolute Gasteiger partial charge is 0.462 e. The van der Waals surface area contributed by atoms with E-state index in [2.05, 4.69) is 142 Å². The quantitative estimate of drug-likeness (QED) is 0.0261. The van der Waals surface area contributed by atoms with Gasteiger partial charge in [0.05, 0.1) is 0 Å². The first kappa shape index (κ1) is 66.8. The van der Waals surface area contributed by atoms with Crippen LogP contribution in [0.4, 0.5) is 0 Å². The SMILES string of the molecule is CC/C=C\C/C=C\C/C=C\C/C=C\C/C=C\C/C=C\C/C=C\C/C=C\CCCCCCCCC(=O)OCC(COC(=O)CCCCCCCCC)OC(=O)CCCCCCC/C=C\C/C=C\CCCCC. The lowest BCUT2D eigenvalue weighted by Gasteiger charge is -2.18. The summed E-state index contributed by atoms with van der Waals surface area (Å²) in [5.74, 6) is -0.929. The van der Waals surface area contributed by atoms with Crippen LogP contribution >= 0.6 is 0 Å². The van der Waals surface area contributed by atoms with Crippen molar-refractivity contribution in [3.8, 4) is 0 Å². The molecule has 0 aliphatic rings. The second-order valence-electron chi connectivity index (χ2n) is 18.8. The number of rotatable bonds is 51. The Labute approximate surface area is 437 Å². The molecule has 0 radical (unpaired) electrons. The molecule has 0 fully saturated rings. The van der Waals surface area contributed by atoms with Crippen LogP contribution in [0.15, 0.2) is 122 Å². The first-order chi connectivity index (χ1) is 35.0. The molecule has 0 spiro atoms. The third-order valence-electron chi connectivity index (χ3n) is 12.0. The van der Waals surface area contributed by atoms with E-state index in [1.165, 1.54) is 64.2 Å². The van der Waals surface area contributed by atoms with Crippen LogP contribution in [0.2, 0.25) is 0 Å². The summed E-state index contributed by atoms with van der Waals surface area (Å²) in [4.78, 5) is 37.9. The summed E-state index contributed by atoms with van der Waals surface area (Å²) in [6.45, 7) is 6.42. The first-order valence-corrected chi connectivity index (χ1v) is 29.0. The molecule has 1 unspecified atom stereocenters. The predicted molar refractivity (Wildman–Crippen MR) is 306 cm³/mol. The number of allylic oxidation sites excluding steroid dienone is 20. The molecule has 1 atom stereocenters. The molecule has 0 bridgehead atoms. The second-order valence-corrected chi connectivity index (χ2v) is 18.8. The van der Waals surface area contributed by atoms with Gasteiger partial charge in [-0.05, 0) is 116 Å². The number of hydrogen-bond donors (Lipinski definition) is 0. The number of esters is 3. The van der Waals surface area contributed by atoms with Crippen molar-refractivity contribution in [3.05, 3.63) is 122 Å². The number of unbranched alkanes of at least 4 members (excludes halogenated alkanes) is 20. The van der Waals surface area contributed by atoms with E-state index in [0.717, 1.165) is 148 Å². The van der Waals surface area contributed by atoms with Crippen molar-refractivity contribution >= 4 is 17.9 Å². The Bertz CT molecular complexity index is 1500. The Kier molecular flexibility index (Phi) is 54.9. The fourth-order valence-corrected chi connectivity index (χ4v) is 7.60. The van der Waals surface area contributed by atoms with Gasteiger partial charge in [0, 0.05) is 19.3 Å². The minimum Gasteiger partial charge on any atom is -0.462 e. The number of carbonyl (C=O) groups is 3. The van der Waals surface area contributed by atoms with E-state index < -0.39 is 6.10 Å². The molecule has 0 saturated carbocycles. The van der Waals surface area contributed by atoms with E-state index in [9.17, 15) is 14.4 Å². The lowest BCUT2D eigenvalue weighted by molar-refractivity contribution is -0.167. The molecule has 0 aromatic rings. The molecular formula is C65H106O6. The van der Waals surface area contributed by atoms with E-state index in [4.69, 9.17) is 14.2 Å².